The lowest BCUT2D eigenvalue weighted by atomic mass is 10.0. The van der Waals surface area contributed by atoms with Crippen LogP contribution in [-0.2, 0) is 11.2 Å². The van der Waals surface area contributed by atoms with Gasteiger partial charge in [-0.3, -0.25) is 4.79 Å². The lowest BCUT2D eigenvalue weighted by Gasteiger charge is -2.12. The van der Waals surface area contributed by atoms with Gasteiger partial charge in [0.15, 0.2) is 0 Å². The third kappa shape index (κ3) is 5.35. The third-order valence-electron chi connectivity index (χ3n) is 2.83. The zero-order valence-corrected chi connectivity index (χ0v) is 12.1. The number of halogens is 1. The SMILES string of the molecule is Cc1ccccc1CCC(=O)NC(C)CCBr. The molecule has 0 aliphatic heterocycles. The van der Waals surface area contributed by atoms with E-state index in [2.05, 4.69) is 40.3 Å². The molecule has 94 valence electrons. The highest BCUT2D eigenvalue weighted by Crippen LogP contribution is 2.09. The summed E-state index contributed by atoms with van der Waals surface area (Å²) in [6.07, 6.45) is 2.35. The van der Waals surface area contributed by atoms with Gasteiger partial charge in [0.25, 0.3) is 0 Å². The molecule has 1 unspecified atom stereocenters. The minimum Gasteiger partial charge on any atom is -0.354 e. The molecule has 2 nitrogen and oxygen atoms in total. The molecule has 1 aromatic carbocycles. The Balaban J connectivity index is 2.36. The second kappa shape index (κ2) is 7.49. The van der Waals surface area contributed by atoms with Gasteiger partial charge in [-0.05, 0) is 37.8 Å². The van der Waals surface area contributed by atoms with Gasteiger partial charge in [0.05, 0.1) is 0 Å². The van der Waals surface area contributed by atoms with Crippen LogP contribution < -0.4 is 5.32 Å². The molecule has 0 fully saturated rings. The normalized spacial score (nSPS) is 12.2. The number of aryl methyl sites for hydroxylation is 2. The summed E-state index contributed by atoms with van der Waals surface area (Å²) in [5.74, 6) is 0.140. The molecule has 1 rings (SSSR count). The van der Waals surface area contributed by atoms with Gasteiger partial charge < -0.3 is 5.32 Å². The highest BCUT2D eigenvalue weighted by Gasteiger charge is 2.07. The smallest absolute Gasteiger partial charge is 0.220 e. The Morgan fingerprint density at radius 1 is 1.41 bits per heavy atom. The van der Waals surface area contributed by atoms with Crippen LogP contribution in [-0.4, -0.2) is 17.3 Å². The molecule has 1 aromatic rings. The monoisotopic (exact) mass is 297 g/mol. The molecule has 17 heavy (non-hydrogen) atoms. The summed E-state index contributed by atoms with van der Waals surface area (Å²) in [6, 6.07) is 8.47. The molecule has 0 radical (unpaired) electrons. The minimum atomic E-state index is 0.140. The van der Waals surface area contributed by atoms with E-state index in [-0.39, 0.29) is 11.9 Å². The van der Waals surface area contributed by atoms with E-state index < -0.39 is 0 Å². The number of carbonyl (C=O) groups excluding carboxylic acids is 1. The number of nitrogens with one attached hydrogen (secondary N) is 1. The first-order chi connectivity index (χ1) is 8.13. The molecule has 0 aromatic heterocycles. The Kier molecular flexibility index (Phi) is 6.27. The maximum Gasteiger partial charge on any atom is 0.220 e. The van der Waals surface area contributed by atoms with Crippen LogP contribution in [0.25, 0.3) is 0 Å². The average Bonchev–Trinajstić information content (AvgIpc) is 2.28. The number of benzene rings is 1. The lowest BCUT2D eigenvalue weighted by Crippen LogP contribution is -2.32. The molecular formula is C14H20BrNO. The second-order valence-corrected chi connectivity index (χ2v) is 5.17. The van der Waals surface area contributed by atoms with E-state index in [4.69, 9.17) is 0 Å². The van der Waals surface area contributed by atoms with Crippen LogP contribution in [0.1, 0.15) is 30.9 Å². The van der Waals surface area contributed by atoms with E-state index in [9.17, 15) is 4.79 Å². The number of rotatable bonds is 6. The Hall–Kier alpha value is -0.830. The van der Waals surface area contributed by atoms with Crippen molar-refractivity contribution in [3.8, 4) is 0 Å². The van der Waals surface area contributed by atoms with Crippen molar-refractivity contribution >= 4 is 21.8 Å². The molecule has 1 N–H and O–H groups in total. The average molecular weight is 298 g/mol. The molecule has 0 spiro atoms. The number of alkyl halides is 1. The van der Waals surface area contributed by atoms with Crippen LogP contribution in [0.4, 0.5) is 0 Å². The van der Waals surface area contributed by atoms with Gasteiger partial charge in [0.1, 0.15) is 0 Å². The van der Waals surface area contributed by atoms with Crippen LogP contribution in [0.2, 0.25) is 0 Å². The first-order valence-corrected chi connectivity index (χ1v) is 7.15. The number of carbonyl (C=O) groups is 1. The predicted molar refractivity (Wildman–Crippen MR) is 75.5 cm³/mol. The van der Waals surface area contributed by atoms with Crippen LogP contribution in [0.5, 0.6) is 0 Å². The maximum absolute atomic E-state index is 11.7. The number of hydrogen-bond acceptors (Lipinski definition) is 1. The zero-order chi connectivity index (χ0) is 12.7. The van der Waals surface area contributed by atoms with Crippen LogP contribution in [0.15, 0.2) is 24.3 Å². The fraction of sp³-hybridized carbons (Fsp3) is 0.500. The van der Waals surface area contributed by atoms with Crippen molar-refractivity contribution in [1.82, 2.24) is 5.32 Å². The van der Waals surface area contributed by atoms with Crippen LogP contribution >= 0.6 is 15.9 Å². The van der Waals surface area contributed by atoms with Crippen LogP contribution in [0, 0.1) is 6.92 Å². The van der Waals surface area contributed by atoms with E-state index >= 15 is 0 Å². The van der Waals surface area contributed by atoms with Gasteiger partial charge in [-0.1, -0.05) is 40.2 Å². The third-order valence-corrected chi connectivity index (χ3v) is 3.29. The van der Waals surface area contributed by atoms with Crippen LogP contribution in [0.3, 0.4) is 0 Å². The van der Waals surface area contributed by atoms with Crippen molar-refractivity contribution < 1.29 is 4.79 Å². The summed E-state index contributed by atoms with van der Waals surface area (Å²) < 4.78 is 0. The van der Waals surface area contributed by atoms with E-state index in [1.165, 1.54) is 11.1 Å². The number of hydrogen-bond donors (Lipinski definition) is 1. The minimum absolute atomic E-state index is 0.140. The Labute approximate surface area is 112 Å². The van der Waals surface area contributed by atoms with E-state index in [0.29, 0.717) is 6.42 Å². The Morgan fingerprint density at radius 3 is 2.76 bits per heavy atom. The van der Waals surface area contributed by atoms with Crippen molar-refractivity contribution in [1.29, 1.82) is 0 Å². The topological polar surface area (TPSA) is 29.1 Å². The molecule has 0 saturated heterocycles. The van der Waals surface area contributed by atoms with Gasteiger partial charge >= 0.3 is 0 Å². The van der Waals surface area contributed by atoms with Gasteiger partial charge in [-0.15, -0.1) is 0 Å². The lowest BCUT2D eigenvalue weighted by molar-refractivity contribution is -0.121. The molecule has 0 aliphatic rings. The summed E-state index contributed by atoms with van der Waals surface area (Å²) >= 11 is 3.37. The Morgan fingerprint density at radius 2 is 2.12 bits per heavy atom. The van der Waals surface area contributed by atoms with E-state index in [0.717, 1.165) is 18.2 Å². The fourth-order valence-electron chi connectivity index (χ4n) is 1.72. The van der Waals surface area contributed by atoms with Crippen molar-refractivity contribution in [2.45, 2.75) is 39.2 Å². The van der Waals surface area contributed by atoms with Gasteiger partial charge in [-0.2, -0.15) is 0 Å². The maximum atomic E-state index is 11.7. The second-order valence-electron chi connectivity index (χ2n) is 4.37. The quantitative estimate of drug-likeness (QED) is 0.803. The highest BCUT2D eigenvalue weighted by molar-refractivity contribution is 9.09. The Bertz CT molecular complexity index is 365. The fourth-order valence-corrected chi connectivity index (χ4v) is 2.41. The largest absolute Gasteiger partial charge is 0.354 e. The molecule has 0 bridgehead atoms. The van der Waals surface area contributed by atoms with E-state index in [1.807, 2.05) is 19.1 Å². The molecule has 0 heterocycles. The summed E-state index contributed by atoms with van der Waals surface area (Å²) in [6.45, 7) is 4.12. The first kappa shape index (κ1) is 14.2. The van der Waals surface area contributed by atoms with Gasteiger partial charge in [0, 0.05) is 17.8 Å². The number of amides is 1. The summed E-state index contributed by atoms with van der Waals surface area (Å²) in [5.41, 5.74) is 2.52. The molecule has 0 aliphatic carbocycles. The van der Waals surface area contributed by atoms with Crippen molar-refractivity contribution in [2.24, 2.45) is 0 Å². The summed E-state index contributed by atoms with van der Waals surface area (Å²) in [4.78, 5) is 11.7. The van der Waals surface area contributed by atoms with Gasteiger partial charge in [0.2, 0.25) is 5.91 Å². The van der Waals surface area contributed by atoms with Crippen molar-refractivity contribution in [3.05, 3.63) is 35.4 Å². The first-order valence-electron chi connectivity index (χ1n) is 6.03. The van der Waals surface area contributed by atoms with Crippen molar-refractivity contribution in [2.75, 3.05) is 5.33 Å². The van der Waals surface area contributed by atoms with Gasteiger partial charge in [-0.25, -0.2) is 0 Å². The molecule has 1 atom stereocenters. The molecular weight excluding hydrogens is 278 g/mol. The van der Waals surface area contributed by atoms with E-state index in [1.54, 1.807) is 0 Å². The zero-order valence-electron chi connectivity index (χ0n) is 10.5. The van der Waals surface area contributed by atoms with Crippen molar-refractivity contribution in [3.63, 3.8) is 0 Å². The predicted octanol–water partition coefficient (Wildman–Crippen LogP) is 3.22. The molecule has 1 amide bonds. The summed E-state index contributed by atoms with van der Waals surface area (Å²) in [5, 5.41) is 3.92. The molecule has 3 heteroatoms. The highest BCUT2D eigenvalue weighted by atomic mass is 79.9. The standard InChI is InChI=1S/C14H20BrNO/c1-11-5-3-4-6-13(11)7-8-14(17)16-12(2)9-10-15/h3-6,12H,7-10H2,1-2H3,(H,16,17). The summed E-state index contributed by atoms with van der Waals surface area (Å²) in [7, 11) is 0. The molecule has 0 saturated carbocycles.